The van der Waals surface area contributed by atoms with Crippen LogP contribution in [-0.4, -0.2) is 56.8 Å². The summed E-state index contributed by atoms with van der Waals surface area (Å²) in [6.45, 7) is 4.17. The number of allylic oxidation sites excluding steroid dienone is 1. The number of hydrogen-bond acceptors (Lipinski definition) is 6. The topological polar surface area (TPSA) is 103 Å². The van der Waals surface area contributed by atoms with Crippen LogP contribution in [0, 0.1) is 0 Å². The molecule has 1 aliphatic heterocycles. The maximum absolute atomic E-state index is 13.3. The number of rotatable bonds is 6. The molecule has 0 unspecified atom stereocenters. The van der Waals surface area contributed by atoms with Crippen LogP contribution in [0.4, 0.5) is 0 Å². The summed E-state index contributed by atoms with van der Waals surface area (Å²) in [4.78, 5) is 38.2. The van der Waals surface area contributed by atoms with Crippen molar-refractivity contribution in [1.29, 1.82) is 0 Å². The van der Waals surface area contributed by atoms with Gasteiger partial charge in [-0.2, -0.15) is 0 Å². The molecule has 2 amide bonds. The SMILES string of the molecule is CCOC(=O)CCNC(=O)C(=C1CCC1)[C@@H]1CCCCOCCOCc2ccccc2C(=O)N1. The second-order valence-corrected chi connectivity index (χ2v) is 8.53. The number of nitrogens with one attached hydrogen (secondary N) is 2. The summed E-state index contributed by atoms with van der Waals surface area (Å²) in [5.41, 5.74) is 3.05. The largest absolute Gasteiger partial charge is 0.466 e. The van der Waals surface area contributed by atoms with Crippen molar-refractivity contribution < 1.29 is 28.6 Å². The number of benzene rings is 1. The van der Waals surface area contributed by atoms with E-state index in [9.17, 15) is 14.4 Å². The van der Waals surface area contributed by atoms with E-state index in [0.29, 0.717) is 50.6 Å². The molecular formula is C26H36N2O6. The third-order valence-corrected chi connectivity index (χ3v) is 6.08. The van der Waals surface area contributed by atoms with Crippen molar-refractivity contribution in [3.8, 4) is 0 Å². The highest BCUT2D eigenvalue weighted by Gasteiger charge is 2.29. The first-order valence-electron chi connectivity index (χ1n) is 12.3. The van der Waals surface area contributed by atoms with Crippen molar-refractivity contribution in [1.82, 2.24) is 10.6 Å². The van der Waals surface area contributed by atoms with Gasteiger partial charge in [-0.25, -0.2) is 0 Å². The summed E-state index contributed by atoms with van der Waals surface area (Å²) in [5, 5.41) is 5.99. The molecule has 0 saturated heterocycles. The summed E-state index contributed by atoms with van der Waals surface area (Å²) in [5.74, 6) is -0.779. The molecule has 0 spiro atoms. The highest BCUT2D eigenvalue weighted by molar-refractivity contribution is 5.99. The van der Waals surface area contributed by atoms with Gasteiger partial charge in [0.15, 0.2) is 0 Å². The maximum atomic E-state index is 13.3. The Kier molecular flexibility index (Phi) is 10.6. The van der Waals surface area contributed by atoms with Gasteiger partial charge in [0.25, 0.3) is 5.91 Å². The third kappa shape index (κ3) is 7.67. The fourth-order valence-corrected chi connectivity index (χ4v) is 4.14. The average molecular weight is 473 g/mol. The Morgan fingerprint density at radius 2 is 1.88 bits per heavy atom. The summed E-state index contributed by atoms with van der Waals surface area (Å²) < 4.78 is 16.3. The minimum Gasteiger partial charge on any atom is -0.466 e. The van der Waals surface area contributed by atoms with E-state index >= 15 is 0 Å². The van der Waals surface area contributed by atoms with Gasteiger partial charge in [0, 0.05) is 24.3 Å². The highest BCUT2D eigenvalue weighted by atomic mass is 16.5. The molecule has 8 nitrogen and oxygen atoms in total. The van der Waals surface area contributed by atoms with Crippen LogP contribution in [0.25, 0.3) is 0 Å². The van der Waals surface area contributed by atoms with Gasteiger partial charge in [-0.05, 0) is 57.1 Å². The van der Waals surface area contributed by atoms with Crippen LogP contribution < -0.4 is 10.6 Å². The van der Waals surface area contributed by atoms with Crippen LogP contribution in [0.1, 0.15) is 67.8 Å². The van der Waals surface area contributed by atoms with E-state index in [1.54, 1.807) is 13.0 Å². The first-order valence-corrected chi connectivity index (χ1v) is 12.3. The normalized spacial score (nSPS) is 19.6. The lowest BCUT2D eigenvalue weighted by atomic mass is 9.83. The van der Waals surface area contributed by atoms with Gasteiger partial charge in [0.05, 0.1) is 38.9 Å². The molecule has 1 fully saturated rings. The second kappa shape index (κ2) is 13.9. The summed E-state index contributed by atoms with van der Waals surface area (Å²) >= 11 is 0. The minimum atomic E-state index is -0.415. The van der Waals surface area contributed by atoms with Gasteiger partial charge < -0.3 is 24.8 Å². The zero-order chi connectivity index (χ0) is 24.2. The molecule has 2 N–H and O–H groups in total. The quantitative estimate of drug-likeness (QED) is 0.487. The summed E-state index contributed by atoms with van der Waals surface area (Å²) in [6.07, 6.45) is 5.11. The number of ether oxygens (including phenoxy) is 3. The van der Waals surface area contributed by atoms with Crippen molar-refractivity contribution in [2.45, 2.75) is 64.5 Å². The Morgan fingerprint density at radius 1 is 1.09 bits per heavy atom. The van der Waals surface area contributed by atoms with Crippen molar-refractivity contribution in [3.05, 3.63) is 46.5 Å². The molecule has 1 atom stereocenters. The van der Waals surface area contributed by atoms with Crippen molar-refractivity contribution in [3.63, 3.8) is 0 Å². The first kappa shape index (κ1) is 25.9. The maximum Gasteiger partial charge on any atom is 0.307 e. The van der Waals surface area contributed by atoms with Crippen molar-refractivity contribution in [2.75, 3.05) is 33.0 Å². The van der Waals surface area contributed by atoms with Crippen LogP contribution in [0.3, 0.4) is 0 Å². The lowest BCUT2D eigenvalue weighted by molar-refractivity contribution is -0.143. The Labute approximate surface area is 201 Å². The molecule has 0 radical (unpaired) electrons. The molecule has 8 heteroatoms. The standard InChI is InChI=1S/C26H36N2O6/c1-2-34-23(29)13-14-27-26(31)24(19-9-7-10-19)22-12-5-6-15-32-16-17-33-18-20-8-3-4-11-21(20)25(30)28-22/h3-4,8,11,22H,2,5-7,9-10,12-18H2,1H3,(H,27,31)(H,28,30)/t22-/m0/s1. The Balaban J connectivity index is 1.79. The van der Waals surface area contributed by atoms with Crippen LogP contribution in [0.5, 0.6) is 0 Å². The Bertz CT molecular complexity index is 876. The van der Waals surface area contributed by atoms with Gasteiger partial charge in [0.1, 0.15) is 0 Å². The van der Waals surface area contributed by atoms with Gasteiger partial charge >= 0.3 is 5.97 Å². The van der Waals surface area contributed by atoms with Crippen LogP contribution in [0.2, 0.25) is 0 Å². The van der Waals surface area contributed by atoms with E-state index in [-0.39, 0.29) is 30.7 Å². The van der Waals surface area contributed by atoms with E-state index in [2.05, 4.69) is 10.6 Å². The smallest absolute Gasteiger partial charge is 0.307 e. The third-order valence-electron chi connectivity index (χ3n) is 6.08. The van der Waals surface area contributed by atoms with E-state index in [1.165, 1.54) is 0 Å². The fraction of sp³-hybridized carbons (Fsp3) is 0.577. The van der Waals surface area contributed by atoms with Crippen LogP contribution in [-0.2, 0) is 30.4 Å². The summed E-state index contributed by atoms with van der Waals surface area (Å²) in [6, 6.07) is 6.95. The van der Waals surface area contributed by atoms with Gasteiger partial charge in [-0.3, -0.25) is 14.4 Å². The fourth-order valence-electron chi connectivity index (χ4n) is 4.14. The average Bonchev–Trinajstić information content (AvgIpc) is 2.79. The predicted octanol–water partition coefficient (Wildman–Crippen LogP) is 3.05. The molecule has 34 heavy (non-hydrogen) atoms. The molecule has 0 aromatic heterocycles. The van der Waals surface area contributed by atoms with Crippen molar-refractivity contribution >= 4 is 17.8 Å². The van der Waals surface area contributed by atoms with E-state index in [4.69, 9.17) is 14.2 Å². The van der Waals surface area contributed by atoms with E-state index in [0.717, 1.165) is 43.2 Å². The van der Waals surface area contributed by atoms with Crippen LogP contribution in [0.15, 0.2) is 35.4 Å². The summed E-state index contributed by atoms with van der Waals surface area (Å²) in [7, 11) is 0. The predicted molar refractivity (Wildman–Crippen MR) is 127 cm³/mol. The lowest BCUT2D eigenvalue weighted by Crippen LogP contribution is -2.43. The number of amides is 2. The van der Waals surface area contributed by atoms with Crippen molar-refractivity contribution in [2.24, 2.45) is 0 Å². The monoisotopic (exact) mass is 472 g/mol. The molecular weight excluding hydrogens is 436 g/mol. The molecule has 1 heterocycles. The number of hydrogen-bond donors (Lipinski definition) is 2. The van der Waals surface area contributed by atoms with Gasteiger partial charge in [-0.15, -0.1) is 0 Å². The molecule has 0 bridgehead atoms. The number of carbonyl (C=O) groups is 3. The van der Waals surface area contributed by atoms with Crippen LogP contribution >= 0.6 is 0 Å². The first-order chi connectivity index (χ1) is 16.6. The number of fused-ring (bicyclic) bond motifs is 1. The van der Waals surface area contributed by atoms with Gasteiger partial charge in [-0.1, -0.05) is 23.8 Å². The Morgan fingerprint density at radius 3 is 2.65 bits per heavy atom. The lowest BCUT2D eigenvalue weighted by Gasteiger charge is -2.29. The number of carbonyl (C=O) groups excluding carboxylic acids is 3. The minimum absolute atomic E-state index is 0.115. The molecule has 1 aromatic rings. The second-order valence-electron chi connectivity index (χ2n) is 8.53. The number of esters is 1. The van der Waals surface area contributed by atoms with E-state index in [1.807, 2.05) is 18.2 Å². The highest BCUT2D eigenvalue weighted by Crippen LogP contribution is 2.31. The molecule has 1 aromatic carbocycles. The molecule has 1 saturated carbocycles. The zero-order valence-corrected chi connectivity index (χ0v) is 20.0. The molecule has 3 rings (SSSR count). The Hall–Kier alpha value is -2.71. The van der Waals surface area contributed by atoms with Gasteiger partial charge in [0.2, 0.25) is 5.91 Å². The van der Waals surface area contributed by atoms with E-state index < -0.39 is 6.04 Å². The molecule has 2 aliphatic rings. The molecule has 186 valence electrons. The molecule has 1 aliphatic carbocycles. The zero-order valence-electron chi connectivity index (χ0n) is 20.0.